The summed E-state index contributed by atoms with van der Waals surface area (Å²) >= 11 is 0. The Morgan fingerprint density at radius 1 is 1.35 bits per heavy atom. The van der Waals surface area contributed by atoms with Gasteiger partial charge in [0.25, 0.3) is 0 Å². The quantitative estimate of drug-likeness (QED) is 0.819. The Kier molecular flexibility index (Phi) is 4.74. The van der Waals surface area contributed by atoms with Gasteiger partial charge >= 0.3 is 0 Å². The second-order valence-electron chi connectivity index (χ2n) is 6.60. The summed E-state index contributed by atoms with van der Waals surface area (Å²) in [7, 11) is -3.09. The van der Waals surface area contributed by atoms with Gasteiger partial charge < -0.3 is 10.6 Å². The molecule has 0 spiro atoms. The largest absolute Gasteiger partial charge is 0.342 e. The Balaban J connectivity index is 1.84. The van der Waals surface area contributed by atoms with Gasteiger partial charge in [-0.05, 0) is 31.2 Å². The first-order valence-corrected chi connectivity index (χ1v) is 9.27. The zero-order chi connectivity index (χ0) is 14.8. The summed E-state index contributed by atoms with van der Waals surface area (Å²) in [6, 6.07) is 0. The molecule has 0 aromatic carbocycles. The van der Waals surface area contributed by atoms with Crippen molar-refractivity contribution in [3.05, 3.63) is 0 Å². The zero-order valence-corrected chi connectivity index (χ0v) is 13.1. The van der Waals surface area contributed by atoms with Crippen molar-refractivity contribution in [3.8, 4) is 0 Å². The van der Waals surface area contributed by atoms with Crippen LogP contribution >= 0.6 is 0 Å². The van der Waals surface area contributed by atoms with Crippen molar-refractivity contribution >= 4 is 15.7 Å². The lowest BCUT2D eigenvalue weighted by Gasteiger charge is -2.22. The van der Waals surface area contributed by atoms with Gasteiger partial charge in [0.2, 0.25) is 5.91 Å². The molecule has 1 atom stereocenters. The molecule has 5 nitrogen and oxygen atoms in total. The van der Waals surface area contributed by atoms with Crippen molar-refractivity contribution in [2.75, 3.05) is 25.4 Å². The van der Waals surface area contributed by atoms with E-state index in [2.05, 4.69) is 6.92 Å². The molecule has 20 heavy (non-hydrogen) atoms. The molecular formula is C14H26N2O3S. The molecule has 1 unspecified atom stereocenters. The van der Waals surface area contributed by atoms with E-state index in [4.69, 9.17) is 5.73 Å². The summed E-state index contributed by atoms with van der Waals surface area (Å²) in [6.07, 6.45) is 4.57. The highest BCUT2D eigenvalue weighted by molar-refractivity contribution is 7.92. The highest BCUT2D eigenvalue weighted by Crippen LogP contribution is 2.29. The van der Waals surface area contributed by atoms with Crippen LogP contribution in [0, 0.1) is 5.41 Å². The maximum atomic E-state index is 12.1. The molecule has 2 N–H and O–H groups in total. The van der Waals surface area contributed by atoms with Gasteiger partial charge in [-0.3, -0.25) is 4.79 Å². The normalized spacial score (nSPS) is 28.2. The minimum Gasteiger partial charge on any atom is -0.342 e. The maximum absolute atomic E-state index is 12.1. The number of amides is 1. The van der Waals surface area contributed by atoms with Gasteiger partial charge in [-0.25, -0.2) is 8.42 Å². The molecule has 0 aromatic heterocycles. The molecule has 0 aromatic rings. The first-order chi connectivity index (χ1) is 9.36. The topological polar surface area (TPSA) is 80.5 Å². The molecule has 1 saturated carbocycles. The summed E-state index contributed by atoms with van der Waals surface area (Å²) in [6.45, 7) is 4.01. The smallest absolute Gasteiger partial charge is 0.223 e. The highest BCUT2D eigenvalue weighted by atomic mass is 32.2. The summed E-state index contributed by atoms with van der Waals surface area (Å²) in [5.41, 5.74) is 5.72. The van der Waals surface area contributed by atoms with E-state index in [0.717, 1.165) is 32.1 Å². The molecule has 1 heterocycles. The first-order valence-electron chi connectivity index (χ1n) is 7.56. The predicted molar refractivity (Wildman–Crippen MR) is 79.0 cm³/mol. The van der Waals surface area contributed by atoms with E-state index in [1.807, 2.05) is 0 Å². The van der Waals surface area contributed by atoms with E-state index in [1.165, 1.54) is 0 Å². The van der Waals surface area contributed by atoms with Crippen molar-refractivity contribution in [1.29, 1.82) is 0 Å². The van der Waals surface area contributed by atoms with E-state index < -0.39 is 9.84 Å². The van der Waals surface area contributed by atoms with E-state index in [1.54, 1.807) is 4.90 Å². The van der Waals surface area contributed by atoms with E-state index in [-0.39, 0.29) is 28.7 Å². The number of hydrogen-bond donors (Lipinski definition) is 1. The van der Waals surface area contributed by atoms with Gasteiger partial charge in [-0.2, -0.15) is 0 Å². The third kappa shape index (κ3) is 3.52. The number of carbonyl (C=O) groups excluding carboxylic acids is 1. The van der Waals surface area contributed by atoms with Crippen LogP contribution < -0.4 is 5.73 Å². The molecule has 0 bridgehead atoms. The van der Waals surface area contributed by atoms with Crippen molar-refractivity contribution in [2.45, 2.75) is 50.7 Å². The summed E-state index contributed by atoms with van der Waals surface area (Å²) in [5.74, 6) is -0.0319. The molecule has 6 heteroatoms. The highest BCUT2D eigenvalue weighted by Gasteiger charge is 2.35. The standard InChI is InChI=1S/C14H26N2O3S/c1-14(10-15)7-8-16(11-14)13(17)6-9-20(18,19)12-4-2-3-5-12/h12H,2-11,15H2,1H3. The minimum absolute atomic E-state index is 0.0000125. The van der Waals surface area contributed by atoms with E-state index in [0.29, 0.717) is 19.6 Å². The number of nitrogens with zero attached hydrogens (tertiary/aromatic N) is 1. The summed E-state index contributed by atoms with van der Waals surface area (Å²) < 4.78 is 24.3. The van der Waals surface area contributed by atoms with E-state index >= 15 is 0 Å². The average molecular weight is 302 g/mol. The second-order valence-corrected chi connectivity index (χ2v) is 9.00. The van der Waals surface area contributed by atoms with Crippen LogP contribution in [-0.2, 0) is 14.6 Å². The molecule has 1 aliphatic heterocycles. The van der Waals surface area contributed by atoms with Crippen LogP contribution in [0.5, 0.6) is 0 Å². The lowest BCUT2D eigenvalue weighted by atomic mass is 9.90. The number of rotatable bonds is 5. The summed E-state index contributed by atoms with van der Waals surface area (Å²) in [5, 5.41) is -0.205. The van der Waals surface area contributed by atoms with Crippen LogP contribution in [0.15, 0.2) is 0 Å². The fraction of sp³-hybridized carbons (Fsp3) is 0.929. The van der Waals surface area contributed by atoms with Crippen molar-refractivity contribution in [1.82, 2.24) is 4.90 Å². The van der Waals surface area contributed by atoms with Crippen LogP contribution in [-0.4, -0.2) is 49.9 Å². The average Bonchev–Trinajstić information content (AvgIpc) is 3.06. The molecular weight excluding hydrogens is 276 g/mol. The third-order valence-corrected chi connectivity index (χ3v) is 7.07. The fourth-order valence-electron chi connectivity index (χ4n) is 3.21. The maximum Gasteiger partial charge on any atom is 0.223 e. The van der Waals surface area contributed by atoms with Crippen LogP contribution in [0.3, 0.4) is 0 Å². The lowest BCUT2D eigenvalue weighted by molar-refractivity contribution is -0.130. The Bertz CT molecular complexity index is 457. The zero-order valence-electron chi connectivity index (χ0n) is 12.3. The van der Waals surface area contributed by atoms with Gasteiger partial charge in [0.05, 0.1) is 11.0 Å². The minimum atomic E-state index is -3.09. The van der Waals surface area contributed by atoms with Crippen LogP contribution in [0.4, 0.5) is 0 Å². The molecule has 1 saturated heterocycles. The predicted octanol–water partition coefficient (Wildman–Crippen LogP) is 0.931. The SMILES string of the molecule is CC1(CN)CCN(C(=O)CCS(=O)(=O)C2CCCC2)C1. The Hall–Kier alpha value is -0.620. The molecule has 2 aliphatic rings. The van der Waals surface area contributed by atoms with Gasteiger partial charge in [-0.15, -0.1) is 0 Å². The summed E-state index contributed by atoms with van der Waals surface area (Å²) in [4.78, 5) is 13.9. The van der Waals surface area contributed by atoms with Crippen molar-refractivity contribution in [3.63, 3.8) is 0 Å². The third-order valence-electron chi connectivity index (χ3n) is 4.81. The van der Waals surface area contributed by atoms with Gasteiger partial charge in [0.15, 0.2) is 9.84 Å². The molecule has 1 aliphatic carbocycles. The fourth-order valence-corrected chi connectivity index (χ4v) is 5.05. The number of sulfone groups is 1. The monoisotopic (exact) mass is 302 g/mol. The Morgan fingerprint density at radius 3 is 2.55 bits per heavy atom. The van der Waals surface area contributed by atoms with Gasteiger partial charge in [0.1, 0.15) is 0 Å². The molecule has 2 fully saturated rings. The van der Waals surface area contributed by atoms with Crippen LogP contribution in [0.25, 0.3) is 0 Å². The number of likely N-dealkylation sites (tertiary alicyclic amines) is 1. The number of carbonyl (C=O) groups is 1. The number of nitrogens with two attached hydrogens (primary N) is 1. The van der Waals surface area contributed by atoms with Crippen molar-refractivity contribution < 1.29 is 13.2 Å². The number of hydrogen-bond acceptors (Lipinski definition) is 4. The molecule has 0 radical (unpaired) electrons. The lowest BCUT2D eigenvalue weighted by Crippen LogP contribution is -2.35. The van der Waals surface area contributed by atoms with Gasteiger partial charge in [0, 0.05) is 19.5 Å². The van der Waals surface area contributed by atoms with E-state index in [9.17, 15) is 13.2 Å². The Morgan fingerprint density at radius 2 is 2.00 bits per heavy atom. The van der Waals surface area contributed by atoms with Gasteiger partial charge in [-0.1, -0.05) is 19.8 Å². The first kappa shape index (κ1) is 15.8. The Labute approximate surface area is 121 Å². The van der Waals surface area contributed by atoms with Crippen LogP contribution in [0.1, 0.15) is 45.4 Å². The van der Waals surface area contributed by atoms with Crippen LogP contribution in [0.2, 0.25) is 0 Å². The molecule has 1 amide bonds. The molecule has 116 valence electrons. The van der Waals surface area contributed by atoms with Crippen molar-refractivity contribution in [2.24, 2.45) is 11.1 Å². The second kappa shape index (κ2) is 6.02. The molecule has 2 rings (SSSR count).